The van der Waals surface area contributed by atoms with Gasteiger partial charge in [0.1, 0.15) is 0 Å². The third-order valence-corrected chi connectivity index (χ3v) is 4.99. The first-order valence-electron chi connectivity index (χ1n) is 8.17. The Morgan fingerprint density at radius 3 is 2.96 bits per heavy atom. The third-order valence-electron chi connectivity index (χ3n) is 4.28. The van der Waals surface area contributed by atoms with Crippen LogP contribution in [0, 0.1) is 5.92 Å². The first-order valence-corrected chi connectivity index (χ1v) is 9.11. The van der Waals surface area contributed by atoms with E-state index in [0.717, 1.165) is 19.5 Å². The van der Waals surface area contributed by atoms with E-state index in [0.29, 0.717) is 18.8 Å². The molecule has 2 aliphatic heterocycles. The van der Waals surface area contributed by atoms with Crippen molar-refractivity contribution in [1.82, 2.24) is 4.90 Å². The molecule has 6 heteroatoms. The lowest BCUT2D eigenvalue weighted by Crippen LogP contribution is -2.37. The quantitative estimate of drug-likeness (QED) is 0.776. The molecule has 0 spiro atoms. The second-order valence-corrected chi connectivity index (χ2v) is 6.66. The molecule has 0 bridgehead atoms. The number of rotatable bonds is 7. The molecule has 0 radical (unpaired) electrons. The van der Waals surface area contributed by atoms with E-state index in [4.69, 9.17) is 9.47 Å². The van der Waals surface area contributed by atoms with Crippen molar-refractivity contribution in [3.05, 3.63) is 34.2 Å². The highest BCUT2D eigenvalue weighted by atomic mass is 32.1. The SMILES string of the molecule is CCO[C@H]1OC(C(=O)N2CC2)=C[C@@H](c2ccsc2)[C@@H]1CCCO. The molecular weight excluding hydrogens is 314 g/mol. The van der Waals surface area contributed by atoms with Gasteiger partial charge in [-0.3, -0.25) is 4.79 Å². The van der Waals surface area contributed by atoms with Gasteiger partial charge in [0, 0.05) is 38.1 Å². The number of aliphatic hydroxyl groups excluding tert-OH is 1. The Bertz CT molecular complexity index is 553. The highest BCUT2D eigenvalue weighted by Gasteiger charge is 2.40. The largest absolute Gasteiger partial charge is 0.459 e. The third kappa shape index (κ3) is 3.76. The molecule has 1 aromatic heterocycles. The van der Waals surface area contributed by atoms with Crippen LogP contribution < -0.4 is 0 Å². The predicted molar refractivity (Wildman–Crippen MR) is 88.0 cm³/mol. The van der Waals surface area contributed by atoms with Gasteiger partial charge in [-0.15, -0.1) is 0 Å². The van der Waals surface area contributed by atoms with Gasteiger partial charge < -0.3 is 19.5 Å². The molecule has 1 fully saturated rings. The predicted octanol–water partition coefficient (Wildman–Crippen LogP) is 2.34. The molecule has 0 saturated carbocycles. The number of hydrogen-bond donors (Lipinski definition) is 1. The van der Waals surface area contributed by atoms with Crippen LogP contribution in [0.25, 0.3) is 0 Å². The molecule has 1 saturated heterocycles. The van der Waals surface area contributed by atoms with E-state index in [1.54, 1.807) is 16.2 Å². The minimum atomic E-state index is -0.444. The van der Waals surface area contributed by atoms with Crippen LogP contribution in [0.5, 0.6) is 0 Å². The lowest BCUT2D eigenvalue weighted by atomic mass is 9.81. The Morgan fingerprint density at radius 1 is 1.52 bits per heavy atom. The first-order chi connectivity index (χ1) is 11.2. The summed E-state index contributed by atoms with van der Waals surface area (Å²) in [5.41, 5.74) is 1.18. The molecule has 1 aromatic rings. The van der Waals surface area contributed by atoms with Crippen LogP contribution in [0.2, 0.25) is 0 Å². The summed E-state index contributed by atoms with van der Waals surface area (Å²) in [5, 5.41) is 13.4. The van der Waals surface area contributed by atoms with Gasteiger partial charge in [-0.1, -0.05) is 0 Å². The lowest BCUT2D eigenvalue weighted by Gasteiger charge is -2.36. The molecular formula is C17H23NO4S. The van der Waals surface area contributed by atoms with Crippen molar-refractivity contribution in [2.75, 3.05) is 26.3 Å². The summed E-state index contributed by atoms with van der Waals surface area (Å²) in [6, 6.07) is 2.09. The molecule has 0 aromatic carbocycles. The van der Waals surface area contributed by atoms with Crippen molar-refractivity contribution in [3.8, 4) is 0 Å². The van der Waals surface area contributed by atoms with Gasteiger partial charge >= 0.3 is 0 Å². The van der Waals surface area contributed by atoms with Crippen LogP contribution in [-0.2, 0) is 14.3 Å². The molecule has 3 rings (SSSR count). The Morgan fingerprint density at radius 2 is 2.35 bits per heavy atom. The Kier molecular flexibility index (Phi) is 5.35. The maximum atomic E-state index is 12.4. The second-order valence-electron chi connectivity index (χ2n) is 5.88. The summed E-state index contributed by atoms with van der Waals surface area (Å²) in [5.74, 6) is 0.535. The fraction of sp³-hybridized carbons (Fsp3) is 0.588. The Labute approximate surface area is 140 Å². The van der Waals surface area contributed by atoms with Gasteiger partial charge in [0.15, 0.2) is 5.76 Å². The van der Waals surface area contributed by atoms with Crippen LogP contribution in [0.4, 0.5) is 0 Å². The van der Waals surface area contributed by atoms with Gasteiger partial charge in [0.25, 0.3) is 5.91 Å². The molecule has 3 heterocycles. The van der Waals surface area contributed by atoms with Crippen molar-refractivity contribution in [3.63, 3.8) is 0 Å². The minimum Gasteiger partial charge on any atom is -0.459 e. The number of amides is 1. The van der Waals surface area contributed by atoms with E-state index in [-0.39, 0.29) is 24.3 Å². The summed E-state index contributed by atoms with van der Waals surface area (Å²) < 4.78 is 11.7. The lowest BCUT2D eigenvalue weighted by molar-refractivity contribution is -0.168. The molecule has 23 heavy (non-hydrogen) atoms. The summed E-state index contributed by atoms with van der Waals surface area (Å²) in [6.07, 6.45) is 2.99. The van der Waals surface area contributed by atoms with Crippen molar-refractivity contribution in [2.45, 2.75) is 32.0 Å². The molecule has 2 aliphatic rings. The number of carbonyl (C=O) groups is 1. The van der Waals surface area contributed by atoms with Crippen molar-refractivity contribution >= 4 is 17.2 Å². The average Bonchev–Trinajstić information content (AvgIpc) is 3.27. The van der Waals surface area contributed by atoms with Crippen LogP contribution in [0.3, 0.4) is 0 Å². The average molecular weight is 337 g/mol. The molecule has 126 valence electrons. The summed E-state index contributed by atoms with van der Waals surface area (Å²) in [4.78, 5) is 14.1. The van der Waals surface area contributed by atoms with E-state index >= 15 is 0 Å². The van der Waals surface area contributed by atoms with E-state index in [1.807, 2.05) is 18.4 Å². The topological polar surface area (TPSA) is 58.8 Å². The van der Waals surface area contributed by atoms with E-state index in [9.17, 15) is 9.90 Å². The number of thiophene rings is 1. The maximum Gasteiger partial charge on any atom is 0.288 e. The summed E-state index contributed by atoms with van der Waals surface area (Å²) in [6.45, 7) is 4.21. The van der Waals surface area contributed by atoms with Crippen molar-refractivity contribution < 1.29 is 19.4 Å². The number of ether oxygens (including phenoxy) is 2. The number of nitrogens with zero attached hydrogens (tertiary/aromatic N) is 1. The number of hydrogen-bond acceptors (Lipinski definition) is 5. The molecule has 1 N–H and O–H groups in total. The standard InChI is InChI=1S/C17H23NO4S/c1-2-21-17-13(4-3-8-19)14(12-5-9-23-11-12)10-15(22-17)16(20)18-6-7-18/h5,9-11,13-14,17,19H,2-4,6-8H2,1H3/t13-,14-,17-/m0/s1. The fourth-order valence-corrected chi connectivity index (χ4v) is 3.72. The molecule has 1 amide bonds. The molecule has 5 nitrogen and oxygen atoms in total. The zero-order valence-corrected chi connectivity index (χ0v) is 14.1. The number of aliphatic hydroxyl groups is 1. The molecule has 3 atom stereocenters. The summed E-state index contributed by atoms with van der Waals surface area (Å²) >= 11 is 1.65. The van der Waals surface area contributed by atoms with Gasteiger partial charge in [-0.2, -0.15) is 11.3 Å². The van der Waals surface area contributed by atoms with Crippen molar-refractivity contribution in [2.24, 2.45) is 5.92 Å². The molecule has 0 aliphatic carbocycles. The highest BCUT2D eigenvalue weighted by Crippen LogP contribution is 2.40. The number of allylic oxidation sites excluding steroid dienone is 1. The van der Waals surface area contributed by atoms with E-state index in [2.05, 4.69) is 11.4 Å². The highest BCUT2D eigenvalue weighted by molar-refractivity contribution is 7.08. The van der Waals surface area contributed by atoms with Crippen LogP contribution in [-0.4, -0.2) is 48.5 Å². The smallest absolute Gasteiger partial charge is 0.288 e. The minimum absolute atomic E-state index is 0.0458. The number of carbonyl (C=O) groups excluding carboxylic acids is 1. The van der Waals surface area contributed by atoms with Crippen LogP contribution in [0.15, 0.2) is 28.7 Å². The van der Waals surface area contributed by atoms with Gasteiger partial charge in [0.05, 0.1) is 0 Å². The van der Waals surface area contributed by atoms with Gasteiger partial charge in [0.2, 0.25) is 6.29 Å². The Hall–Kier alpha value is -1.37. The first kappa shape index (κ1) is 16.5. The maximum absolute atomic E-state index is 12.4. The summed E-state index contributed by atoms with van der Waals surface area (Å²) in [7, 11) is 0. The fourth-order valence-electron chi connectivity index (χ4n) is 3.01. The monoisotopic (exact) mass is 337 g/mol. The zero-order valence-electron chi connectivity index (χ0n) is 13.3. The van der Waals surface area contributed by atoms with E-state index < -0.39 is 6.29 Å². The van der Waals surface area contributed by atoms with Crippen LogP contribution >= 0.6 is 11.3 Å². The normalized spacial score (nSPS) is 26.6. The second kappa shape index (κ2) is 7.47. The zero-order chi connectivity index (χ0) is 16.2. The van der Waals surface area contributed by atoms with Crippen LogP contribution in [0.1, 0.15) is 31.2 Å². The van der Waals surface area contributed by atoms with Gasteiger partial charge in [-0.25, -0.2) is 0 Å². The van der Waals surface area contributed by atoms with Gasteiger partial charge in [-0.05, 0) is 48.2 Å². The Balaban J connectivity index is 1.89. The van der Waals surface area contributed by atoms with Crippen molar-refractivity contribution in [1.29, 1.82) is 0 Å². The molecule has 0 unspecified atom stereocenters. The van der Waals surface area contributed by atoms with E-state index in [1.165, 1.54) is 5.56 Å².